The smallest absolute Gasteiger partial charge is 0.277 e. The molecule has 142 valence electrons. The molecule has 0 spiro atoms. The van der Waals surface area contributed by atoms with Gasteiger partial charge in [-0.3, -0.25) is 25.0 Å². The summed E-state index contributed by atoms with van der Waals surface area (Å²) in [4.78, 5) is 32.5. The zero-order chi connectivity index (χ0) is 20.1. The second kappa shape index (κ2) is 8.32. The second-order valence-corrected chi connectivity index (χ2v) is 5.64. The quantitative estimate of drug-likeness (QED) is 0.562. The lowest BCUT2D eigenvalue weighted by Crippen LogP contribution is -2.23. The van der Waals surface area contributed by atoms with Crippen molar-refractivity contribution in [3.05, 3.63) is 66.7 Å². The molecule has 1 N–H and O–H groups in total. The summed E-state index contributed by atoms with van der Waals surface area (Å²) in [6.07, 6.45) is 0. The van der Waals surface area contributed by atoms with E-state index >= 15 is 0 Å². The van der Waals surface area contributed by atoms with Crippen molar-refractivity contribution in [3.8, 4) is 11.5 Å². The van der Waals surface area contributed by atoms with Crippen molar-refractivity contribution in [1.82, 2.24) is 5.32 Å². The summed E-state index contributed by atoms with van der Waals surface area (Å²) < 4.78 is 10.3. The number of halogens is 1. The Hall–Kier alpha value is -3.40. The number of nitrogens with one attached hydrogen (secondary N) is 1. The van der Waals surface area contributed by atoms with E-state index in [-0.39, 0.29) is 12.1 Å². The third kappa shape index (κ3) is 4.61. The van der Waals surface area contributed by atoms with Gasteiger partial charge in [0.1, 0.15) is 0 Å². The molecule has 2 aromatic carbocycles. The molecule has 2 rings (SSSR count). The Morgan fingerprint density at radius 1 is 1.00 bits per heavy atom. The molecule has 0 aromatic heterocycles. The van der Waals surface area contributed by atoms with Crippen LogP contribution in [0.15, 0.2) is 30.3 Å². The molecule has 0 unspecified atom stereocenters. The number of hydrogen-bond acceptors (Lipinski definition) is 7. The van der Waals surface area contributed by atoms with Crippen molar-refractivity contribution in [2.45, 2.75) is 6.54 Å². The lowest BCUT2D eigenvalue weighted by atomic mass is 10.1. The number of nitro benzene ring substituents is 2. The van der Waals surface area contributed by atoms with Gasteiger partial charge in [-0.15, -0.1) is 0 Å². The fraction of sp³-hybridized carbons (Fsp3) is 0.188. The predicted molar refractivity (Wildman–Crippen MR) is 95.5 cm³/mol. The normalized spacial score (nSPS) is 10.2. The molecule has 0 heterocycles. The summed E-state index contributed by atoms with van der Waals surface area (Å²) in [6.45, 7) is -0.0332. The number of benzene rings is 2. The number of nitro groups is 2. The van der Waals surface area contributed by atoms with Crippen molar-refractivity contribution in [1.29, 1.82) is 0 Å². The molecule has 1 amide bonds. The van der Waals surface area contributed by atoms with Crippen molar-refractivity contribution < 1.29 is 24.1 Å². The summed E-state index contributed by atoms with van der Waals surface area (Å²) in [5, 5.41) is 24.6. The van der Waals surface area contributed by atoms with Crippen LogP contribution in [0.1, 0.15) is 15.9 Å². The number of carbonyl (C=O) groups excluding carboxylic acids is 1. The number of methoxy groups -OCH3 is 2. The Labute approximate surface area is 157 Å². The first-order chi connectivity index (χ1) is 12.8. The van der Waals surface area contributed by atoms with Crippen LogP contribution in [0.3, 0.4) is 0 Å². The fourth-order valence-electron chi connectivity index (χ4n) is 2.25. The van der Waals surface area contributed by atoms with Crippen LogP contribution in [-0.2, 0) is 6.54 Å². The van der Waals surface area contributed by atoms with Crippen LogP contribution in [0, 0.1) is 20.2 Å². The van der Waals surface area contributed by atoms with Crippen LogP contribution in [-0.4, -0.2) is 30.0 Å². The van der Waals surface area contributed by atoms with Crippen LogP contribution in [0.2, 0.25) is 5.02 Å². The number of rotatable bonds is 7. The minimum atomic E-state index is -0.811. The molecule has 0 aliphatic rings. The van der Waals surface area contributed by atoms with E-state index in [1.165, 1.54) is 20.3 Å². The van der Waals surface area contributed by atoms with Gasteiger partial charge in [0.15, 0.2) is 11.5 Å². The van der Waals surface area contributed by atoms with Crippen molar-refractivity contribution in [2.24, 2.45) is 0 Å². The fourth-order valence-corrected chi connectivity index (χ4v) is 2.47. The Kier molecular flexibility index (Phi) is 6.14. The lowest BCUT2D eigenvalue weighted by Gasteiger charge is -2.12. The van der Waals surface area contributed by atoms with Gasteiger partial charge in [-0.05, 0) is 11.6 Å². The highest BCUT2D eigenvalue weighted by atomic mass is 35.5. The van der Waals surface area contributed by atoms with Gasteiger partial charge in [-0.1, -0.05) is 11.6 Å². The summed E-state index contributed by atoms with van der Waals surface area (Å²) in [6, 6.07) is 5.77. The van der Waals surface area contributed by atoms with Gasteiger partial charge < -0.3 is 14.8 Å². The van der Waals surface area contributed by atoms with Gasteiger partial charge in [0, 0.05) is 29.8 Å². The van der Waals surface area contributed by atoms with Crippen molar-refractivity contribution in [3.63, 3.8) is 0 Å². The highest BCUT2D eigenvalue weighted by Gasteiger charge is 2.20. The van der Waals surface area contributed by atoms with E-state index in [1.54, 1.807) is 6.07 Å². The molecule has 0 saturated carbocycles. The minimum absolute atomic E-state index is 0.0332. The van der Waals surface area contributed by atoms with Crippen LogP contribution in [0.25, 0.3) is 0 Å². The zero-order valence-corrected chi connectivity index (χ0v) is 15.0. The summed E-state index contributed by atoms with van der Waals surface area (Å²) in [5.41, 5.74) is -0.827. The molecule has 0 saturated heterocycles. The van der Waals surface area contributed by atoms with Gasteiger partial charge >= 0.3 is 0 Å². The predicted octanol–water partition coefficient (Wildman–Crippen LogP) is 3.10. The van der Waals surface area contributed by atoms with Gasteiger partial charge in [0.2, 0.25) is 0 Å². The summed E-state index contributed by atoms with van der Waals surface area (Å²) in [5.74, 6) is 0.0803. The molecule has 0 radical (unpaired) electrons. The first-order valence-corrected chi connectivity index (χ1v) is 7.77. The Balaban J connectivity index is 2.26. The van der Waals surface area contributed by atoms with Gasteiger partial charge in [0.25, 0.3) is 17.3 Å². The zero-order valence-electron chi connectivity index (χ0n) is 14.2. The van der Waals surface area contributed by atoms with Crippen LogP contribution in [0.4, 0.5) is 11.4 Å². The van der Waals surface area contributed by atoms with Crippen LogP contribution in [0.5, 0.6) is 11.5 Å². The molecular formula is C16H14ClN3O7. The summed E-state index contributed by atoms with van der Waals surface area (Å²) >= 11 is 6.13. The third-order valence-corrected chi connectivity index (χ3v) is 3.93. The van der Waals surface area contributed by atoms with Crippen molar-refractivity contribution >= 4 is 28.9 Å². The van der Waals surface area contributed by atoms with E-state index in [4.69, 9.17) is 21.1 Å². The molecule has 27 heavy (non-hydrogen) atoms. The monoisotopic (exact) mass is 395 g/mol. The highest BCUT2D eigenvalue weighted by molar-refractivity contribution is 6.31. The lowest BCUT2D eigenvalue weighted by molar-refractivity contribution is -0.394. The minimum Gasteiger partial charge on any atom is -0.493 e. The van der Waals surface area contributed by atoms with Gasteiger partial charge in [0.05, 0.1) is 35.7 Å². The number of hydrogen-bond donors (Lipinski definition) is 1. The Bertz CT molecular complexity index is 885. The molecular weight excluding hydrogens is 382 g/mol. The first kappa shape index (κ1) is 19.9. The number of carbonyl (C=O) groups is 1. The van der Waals surface area contributed by atoms with Crippen molar-refractivity contribution in [2.75, 3.05) is 14.2 Å². The van der Waals surface area contributed by atoms with E-state index in [0.29, 0.717) is 22.1 Å². The average molecular weight is 396 g/mol. The topological polar surface area (TPSA) is 134 Å². The van der Waals surface area contributed by atoms with E-state index in [2.05, 4.69) is 5.32 Å². The Morgan fingerprint density at radius 3 is 2.00 bits per heavy atom. The molecule has 11 heteroatoms. The first-order valence-electron chi connectivity index (χ1n) is 7.39. The average Bonchev–Trinajstić information content (AvgIpc) is 2.65. The van der Waals surface area contributed by atoms with Gasteiger partial charge in [-0.2, -0.15) is 0 Å². The number of amides is 1. The SMILES string of the molecule is COc1cc(Cl)c(CNC(=O)c2cc([N+](=O)[O-])cc([N+](=O)[O-])c2)cc1OC. The number of nitrogens with zero attached hydrogens (tertiary/aromatic N) is 2. The standard InChI is InChI=1S/C16H14ClN3O7/c1-26-14-5-10(13(17)7-15(14)27-2)8-18-16(21)9-3-11(19(22)23)6-12(4-9)20(24)25/h3-7H,8H2,1-2H3,(H,18,21). The molecule has 0 aliphatic carbocycles. The van der Waals surface area contributed by atoms with Crippen LogP contribution < -0.4 is 14.8 Å². The number of non-ortho nitro benzene ring substituents is 2. The molecule has 0 bridgehead atoms. The molecule has 2 aromatic rings. The molecule has 10 nitrogen and oxygen atoms in total. The molecule has 0 atom stereocenters. The maximum absolute atomic E-state index is 12.3. The van der Waals surface area contributed by atoms with E-state index in [1.807, 2.05) is 0 Å². The largest absolute Gasteiger partial charge is 0.493 e. The van der Waals surface area contributed by atoms with Gasteiger partial charge in [-0.25, -0.2) is 0 Å². The van der Waals surface area contributed by atoms with E-state index in [9.17, 15) is 25.0 Å². The van der Waals surface area contributed by atoms with Crippen LogP contribution >= 0.6 is 11.6 Å². The molecule has 0 fully saturated rings. The van der Waals surface area contributed by atoms with E-state index in [0.717, 1.165) is 18.2 Å². The highest BCUT2D eigenvalue weighted by Crippen LogP contribution is 2.33. The third-order valence-electron chi connectivity index (χ3n) is 3.58. The van der Waals surface area contributed by atoms with E-state index < -0.39 is 27.1 Å². The summed E-state index contributed by atoms with van der Waals surface area (Å²) in [7, 11) is 2.89. The Morgan fingerprint density at radius 2 is 1.52 bits per heavy atom. The number of ether oxygens (including phenoxy) is 2. The molecule has 0 aliphatic heterocycles. The second-order valence-electron chi connectivity index (χ2n) is 5.23. The maximum Gasteiger partial charge on any atom is 0.277 e. The maximum atomic E-state index is 12.3.